The molecule has 1 N–H and O–H groups in total. The average molecular weight is 399 g/mol. The van der Waals surface area contributed by atoms with E-state index in [-0.39, 0.29) is 10.1 Å². The summed E-state index contributed by atoms with van der Waals surface area (Å²) in [6.45, 7) is 0.732. The summed E-state index contributed by atoms with van der Waals surface area (Å²) in [6.07, 6.45) is 2.11. The lowest BCUT2D eigenvalue weighted by molar-refractivity contribution is -0.125. The Hall–Kier alpha value is -1.41. The average Bonchev–Trinajstić information content (AvgIpc) is 3.08. The highest BCUT2D eigenvalue weighted by Gasteiger charge is 2.38. The lowest BCUT2D eigenvalue weighted by Gasteiger charge is -2.33. The minimum atomic E-state index is -3.71. The summed E-state index contributed by atoms with van der Waals surface area (Å²) in [7, 11) is -3.71. The SMILES string of the molecule is O=C(NCc1ccccc1)C1CCCCN1S(=O)(=O)c1ccc(Cl)s1. The molecule has 1 aromatic heterocycles. The van der Waals surface area contributed by atoms with Gasteiger partial charge in [0, 0.05) is 13.1 Å². The molecule has 2 aromatic rings. The molecule has 5 nitrogen and oxygen atoms in total. The summed E-state index contributed by atoms with van der Waals surface area (Å²) in [5.41, 5.74) is 0.978. The second-order valence-corrected chi connectivity index (χ2v) is 9.72. The van der Waals surface area contributed by atoms with Crippen molar-refractivity contribution < 1.29 is 13.2 Å². The van der Waals surface area contributed by atoms with E-state index in [2.05, 4.69) is 5.32 Å². The van der Waals surface area contributed by atoms with Crippen LogP contribution in [0.15, 0.2) is 46.7 Å². The Balaban J connectivity index is 1.75. The minimum Gasteiger partial charge on any atom is -0.351 e. The Morgan fingerprint density at radius 2 is 1.96 bits per heavy atom. The number of hydrogen-bond acceptors (Lipinski definition) is 4. The number of thiophene rings is 1. The molecule has 1 unspecified atom stereocenters. The van der Waals surface area contributed by atoms with Gasteiger partial charge in [-0.1, -0.05) is 48.4 Å². The third kappa shape index (κ3) is 4.23. The number of halogens is 1. The van der Waals surface area contributed by atoms with Crippen LogP contribution in [0.25, 0.3) is 0 Å². The van der Waals surface area contributed by atoms with Gasteiger partial charge < -0.3 is 5.32 Å². The van der Waals surface area contributed by atoms with E-state index in [0.29, 0.717) is 23.8 Å². The van der Waals surface area contributed by atoms with Crippen LogP contribution in [0.5, 0.6) is 0 Å². The largest absolute Gasteiger partial charge is 0.351 e. The molecule has 1 fully saturated rings. The van der Waals surface area contributed by atoms with Crippen LogP contribution in [-0.4, -0.2) is 31.2 Å². The van der Waals surface area contributed by atoms with Crippen LogP contribution < -0.4 is 5.32 Å². The molecule has 8 heteroatoms. The smallest absolute Gasteiger partial charge is 0.253 e. The van der Waals surface area contributed by atoms with Crippen molar-refractivity contribution in [3.8, 4) is 0 Å². The first kappa shape index (κ1) is 18.4. The van der Waals surface area contributed by atoms with Crippen LogP contribution in [0.3, 0.4) is 0 Å². The number of hydrogen-bond donors (Lipinski definition) is 1. The number of nitrogens with zero attached hydrogens (tertiary/aromatic N) is 1. The standard InChI is InChI=1S/C17H19ClN2O3S2/c18-15-9-10-16(24-15)25(22,23)20-11-5-4-8-14(20)17(21)19-12-13-6-2-1-3-7-13/h1-3,6-7,9-10,14H,4-5,8,11-12H2,(H,19,21). The van der Waals surface area contributed by atoms with Gasteiger partial charge in [-0.05, 0) is 30.5 Å². The van der Waals surface area contributed by atoms with E-state index >= 15 is 0 Å². The minimum absolute atomic E-state index is 0.181. The molecular formula is C17H19ClN2O3S2. The molecule has 3 rings (SSSR count). The normalized spacial score (nSPS) is 18.8. The van der Waals surface area contributed by atoms with Crippen LogP contribution >= 0.6 is 22.9 Å². The highest BCUT2D eigenvalue weighted by atomic mass is 35.5. The Kier molecular flexibility index (Phi) is 5.78. The van der Waals surface area contributed by atoms with Crippen LogP contribution in [0, 0.1) is 0 Å². The zero-order valence-electron chi connectivity index (χ0n) is 13.5. The fourth-order valence-corrected chi connectivity index (χ4v) is 6.18. The van der Waals surface area contributed by atoms with Gasteiger partial charge in [0.2, 0.25) is 5.91 Å². The molecule has 1 atom stereocenters. The predicted molar refractivity (Wildman–Crippen MR) is 99.1 cm³/mol. The summed E-state index contributed by atoms with van der Waals surface area (Å²) in [4.78, 5) is 12.6. The molecule has 0 saturated carbocycles. The molecule has 0 aliphatic carbocycles. The van der Waals surface area contributed by atoms with Gasteiger partial charge in [0.1, 0.15) is 10.3 Å². The Bertz CT molecular complexity index is 837. The van der Waals surface area contributed by atoms with Crippen molar-refractivity contribution in [2.24, 2.45) is 0 Å². The molecule has 134 valence electrons. The topological polar surface area (TPSA) is 66.5 Å². The third-order valence-electron chi connectivity index (χ3n) is 4.18. The second kappa shape index (κ2) is 7.86. The number of carbonyl (C=O) groups is 1. The molecule has 1 aliphatic rings. The summed E-state index contributed by atoms with van der Waals surface area (Å²) in [5.74, 6) is -0.255. The van der Waals surface area contributed by atoms with Crippen molar-refractivity contribution in [2.75, 3.05) is 6.54 Å². The zero-order chi connectivity index (χ0) is 17.9. The molecular weight excluding hydrogens is 380 g/mol. The maximum Gasteiger partial charge on any atom is 0.253 e. The van der Waals surface area contributed by atoms with Gasteiger partial charge >= 0.3 is 0 Å². The fourth-order valence-electron chi connectivity index (χ4n) is 2.91. The third-order valence-corrected chi connectivity index (χ3v) is 7.78. The highest BCUT2D eigenvalue weighted by Crippen LogP contribution is 2.31. The van der Waals surface area contributed by atoms with Crippen LogP contribution in [0.4, 0.5) is 0 Å². The van der Waals surface area contributed by atoms with Crippen LogP contribution in [0.2, 0.25) is 4.34 Å². The first-order chi connectivity index (χ1) is 12.0. The molecule has 0 spiro atoms. The van der Waals surface area contributed by atoms with Gasteiger partial charge in [-0.3, -0.25) is 4.79 Å². The first-order valence-electron chi connectivity index (χ1n) is 8.07. The summed E-state index contributed by atoms with van der Waals surface area (Å²) in [5, 5.41) is 2.86. The van der Waals surface area contributed by atoms with Crippen molar-refractivity contribution in [3.05, 3.63) is 52.4 Å². The van der Waals surface area contributed by atoms with Gasteiger partial charge in [-0.2, -0.15) is 4.31 Å². The zero-order valence-corrected chi connectivity index (χ0v) is 15.9. The Morgan fingerprint density at radius 1 is 1.20 bits per heavy atom. The maximum absolute atomic E-state index is 12.9. The van der Waals surface area contributed by atoms with Crippen molar-refractivity contribution in [3.63, 3.8) is 0 Å². The van der Waals surface area contributed by atoms with Gasteiger partial charge in [-0.15, -0.1) is 11.3 Å². The molecule has 0 radical (unpaired) electrons. The van der Waals surface area contributed by atoms with Crippen molar-refractivity contribution in [2.45, 2.75) is 36.1 Å². The molecule has 25 heavy (non-hydrogen) atoms. The second-order valence-electron chi connectivity index (χ2n) is 5.89. The van der Waals surface area contributed by atoms with Crippen molar-refractivity contribution >= 4 is 38.9 Å². The Labute approximate surface area is 156 Å². The first-order valence-corrected chi connectivity index (χ1v) is 10.7. The monoisotopic (exact) mass is 398 g/mol. The number of rotatable bonds is 5. The Morgan fingerprint density at radius 3 is 2.64 bits per heavy atom. The summed E-state index contributed by atoms with van der Waals surface area (Å²) >= 11 is 6.89. The molecule has 1 amide bonds. The van der Waals surface area contributed by atoms with E-state index in [9.17, 15) is 13.2 Å². The van der Waals surface area contributed by atoms with Crippen molar-refractivity contribution in [1.29, 1.82) is 0 Å². The number of carbonyl (C=O) groups excluding carboxylic acids is 1. The summed E-state index contributed by atoms with van der Waals surface area (Å²) < 4.78 is 27.7. The number of nitrogens with one attached hydrogen (secondary N) is 1. The van der Waals surface area contributed by atoms with E-state index in [1.165, 1.54) is 10.4 Å². The van der Waals surface area contributed by atoms with Crippen LogP contribution in [0.1, 0.15) is 24.8 Å². The number of piperidine rings is 1. The maximum atomic E-state index is 12.9. The van der Waals surface area contributed by atoms with Crippen LogP contribution in [-0.2, 0) is 21.4 Å². The molecule has 1 aliphatic heterocycles. The van der Waals surface area contributed by atoms with E-state index in [4.69, 9.17) is 11.6 Å². The number of sulfonamides is 1. The van der Waals surface area contributed by atoms with Gasteiger partial charge in [0.25, 0.3) is 10.0 Å². The van der Waals surface area contributed by atoms with Crippen molar-refractivity contribution in [1.82, 2.24) is 9.62 Å². The quantitative estimate of drug-likeness (QED) is 0.840. The van der Waals surface area contributed by atoms with Gasteiger partial charge in [0.05, 0.1) is 4.34 Å². The van der Waals surface area contributed by atoms with Gasteiger partial charge in [-0.25, -0.2) is 8.42 Å². The van der Waals surface area contributed by atoms with Gasteiger partial charge in [0.15, 0.2) is 0 Å². The van der Waals surface area contributed by atoms with E-state index in [1.54, 1.807) is 6.07 Å². The highest BCUT2D eigenvalue weighted by molar-refractivity contribution is 7.91. The number of amides is 1. The van der Waals surface area contributed by atoms with E-state index in [1.807, 2.05) is 30.3 Å². The summed E-state index contributed by atoms with van der Waals surface area (Å²) in [6, 6.07) is 11.9. The lowest BCUT2D eigenvalue weighted by atomic mass is 10.0. The molecule has 2 heterocycles. The molecule has 0 bridgehead atoms. The molecule has 1 saturated heterocycles. The van der Waals surface area contributed by atoms with E-state index < -0.39 is 16.1 Å². The fraction of sp³-hybridized carbons (Fsp3) is 0.353. The predicted octanol–water partition coefficient (Wildman–Crippen LogP) is 3.26. The van der Waals surface area contributed by atoms with E-state index in [0.717, 1.165) is 29.7 Å². The number of benzene rings is 1. The molecule has 1 aromatic carbocycles. The lowest BCUT2D eigenvalue weighted by Crippen LogP contribution is -2.51.